The van der Waals surface area contributed by atoms with E-state index in [-0.39, 0.29) is 11.4 Å². The van der Waals surface area contributed by atoms with E-state index in [1.165, 1.54) is 11.8 Å². The number of carbonyl (C=O) groups is 1. The van der Waals surface area contributed by atoms with Crippen LogP contribution in [0, 0.1) is 0 Å². The monoisotopic (exact) mass is 428 g/mol. The van der Waals surface area contributed by atoms with Crippen molar-refractivity contribution in [2.45, 2.75) is 38.0 Å². The van der Waals surface area contributed by atoms with Gasteiger partial charge in [-0.15, -0.1) is 10.2 Å². The zero-order valence-corrected chi connectivity index (χ0v) is 18.7. The van der Waals surface area contributed by atoms with Crippen LogP contribution >= 0.6 is 23.4 Å². The SMILES string of the molecule is Cn1c(SCC(=O)N(Cc2ccccc2)C(C)(C)C)nnc1-c1ccc(Cl)cc1. The Labute approximate surface area is 181 Å². The van der Waals surface area contributed by atoms with Crippen LogP contribution in [0.2, 0.25) is 5.02 Å². The summed E-state index contributed by atoms with van der Waals surface area (Å²) in [6.07, 6.45) is 0. The van der Waals surface area contributed by atoms with Crippen molar-refractivity contribution >= 4 is 29.3 Å². The molecule has 7 heteroatoms. The van der Waals surface area contributed by atoms with Crippen LogP contribution in [0.1, 0.15) is 26.3 Å². The van der Waals surface area contributed by atoms with E-state index in [1.807, 2.05) is 71.1 Å². The lowest BCUT2D eigenvalue weighted by molar-refractivity contribution is -0.133. The molecular weight excluding hydrogens is 404 g/mol. The predicted molar refractivity (Wildman–Crippen MR) is 119 cm³/mol. The van der Waals surface area contributed by atoms with E-state index in [4.69, 9.17) is 11.6 Å². The number of aromatic nitrogens is 3. The number of carbonyl (C=O) groups excluding carboxylic acids is 1. The van der Waals surface area contributed by atoms with Gasteiger partial charge in [0.05, 0.1) is 5.75 Å². The molecule has 0 N–H and O–H groups in total. The average molecular weight is 429 g/mol. The smallest absolute Gasteiger partial charge is 0.233 e. The summed E-state index contributed by atoms with van der Waals surface area (Å²) in [7, 11) is 1.91. The van der Waals surface area contributed by atoms with Crippen molar-refractivity contribution in [1.82, 2.24) is 19.7 Å². The topological polar surface area (TPSA) is 51.0 Å². The first-order valence-electron chi connectivity index (χ1n) is 9.38. The highest BCUT2D eigenvalue weighted by Gasteiger charge is 2.27. The Bertz CT molecular complexity index is 965. The Morgan fingerprint density at radius 2 is 1.72 bits per heavy atom. The lowest BCUT2D eigenvalue weighted by atomic mass is 10.0. The molecule has 1 amide bonds. The van der Waals surface area contributed by atoms with E-state index in [0.717, 1.165) is 17.0 Å². The van der Waals surface area contributed by atoms with Gasteiger partial charge < -0.3 is 9.47 Å². The van der Waals surface area contributed by atoms with Gasteiger partial charge in [0, 0.05) is 29.7 Å². The van der Waals surface area contributed by atoms with Crippen LogP contribution in [0.4, 0.5) is 0 Å². The third-order valence-corrected chi connectivity index (χ3v) is 5.81. The summed E-state index contributed by atoms with van der Waals surface area (Å²) in [6.45, 7) is 6.75. The Morgan fingerprint density at radius 1 is 1.07 bits per heavy atom. The molecule has 1 aromatic heterocycles. The molecule has 5 nitrogen and oxygen atoms in total. The fourth-order valence-electron chi connectivity index (χ4n) is 2.96. The molecule has 29 heavy (non-hydrogen) atoms. The van der Waals surface area contributed by atoms with Gasteiger partial charge in [-0.2, -0.15) is 0 Å². The minimum absolute atomic E-state index is 0.0717. The second kappa shape index (κ2) is 9.01. The van der Waals surface area contributed by atoms with E-state index < -0.39 is 0 Å². The van der Waals surface area contributed by atoms with E-state index in [9.17, 15) is 4.79 Å². The van der Waals surface area contributed by atoms with Crippen molar-refractivity contribution in [2.24, 2.45) is 7.05 Å². The lowest BCUT2D eigenvalue weighted by Crippen LogP contribution is -2.45. The zero-order chi connectivity index (χ0) is 21.0. The van der Waals surface area contributed by atoms with Crippen LogP contribution in [-0.2, 0) is 18.4 Å². The Hall–Kier alpha value is -2.31. The second-order valence-corrected chi connectivity index (χ2v) is 9.18. The molecule has 0 aliphatic rings. The van der Waals surface area contributed by atoms with Crippen molar-refractivity contribution in [3.05, 3.63) is 65.2 Å². The number of hydrogen-bond donors (Lipinski definition) is 0. The number of nitrogens with zero attached hydrogens (tertiary/aromatic N) is 4. The number of thioether (sulfide) groups is 1. The third-order valence-electron chi connectivity index (χ3n) is 4.56. The summed E-state index contributed by atoms with van der Waals surface area (Å²) in [6, 6.07) is 17.5. The second-order valence-electron chi connectivity index (χ2n) is 7.80. The minimum Gasteiger partial charge on any atom is -0.333 e. The first-order chi connectivity index (χ1) is 13.8. The van der Waals surface area contributed by atoms with E-state index >= 15 is 0 Å². The summed E-state index contributed by atoms with van der Waals surface area (Å²) in [5.74, 6) is 1.12. The van der Waals surface area contributed by atoms with E-state index in [2.05, 4.69) is 31.0 Å². The van der Waals surface area contributed by atoms with Gasteiger partial charge in [-0.1, -0.05) is 53.7 Å². The normalized spacial score (nSPS) is 11.5. The molecule has 0 unspecified atom stereocenters. The van der Waals surface area contributed by atoms with Crippen LogP contribution in [0.25, 0.3) is 11.4 Å². The van der Waals surface area contributed by atoms with Crippen LogP contribution in [0.5, 0.6) is 0 Å². The number of amides is 1. The van der Waals surface area contributed by atoms with Crippen molar-refractivity contribution in [3.63, 3.8) is 0 Å². The molecule has 0 spiro atoms. The molecule has 0 radical (unpaired) electrons. The maximum absolute atomic E-state index is 13.0. The van der Waals surface area contributed by atoms with Crippen LogP contribution < -0.4 is 0 Å². The van der Waals surface area contributed by atoms with Crippen molar-refractivity contribution in [2.75, 3.05) is 5.75 Å². The molecule has 1 heterocycles. The third kappa shape index (κ3) is 5.40. The molecule has 0 bridgehead atoms. The first kappa shape index (κ1) is 21.4. The molecule has 3 aromatic rings. The standard InChI is InChI=1S/C22H25ClN4OS/c1-22(2,3)27(14-16-8-6-5-7-9-16)19(28)15-29-21-25-24-20(26(21)4)17-10-12-18(23)13-11-17/h5-13H,14-15H2,1-4H3. The molecular formula is C22H25ClN4OS. The summed E-state index contributed by atoms with van der Waals surface area (Å²) in [4.78, 5) is 14.9. The number of hydrogen-bond acceptors (Lipinski definition) is 4. The Morgan fingerprint density at radius 3 is 2.34 bits per heavy atom. The van der Waals surface area contributed by atoms with Gasteiger partial charge in [-0.25, -0.2) is 0 Å². The lowest BCUT2D eigenvalue weighted by Gasteiger charge is -2.36. The fraction of sp³-hybridized carbons (Fsp3) is 0.318. The van der Waals surface area contributed by atoms with Gasteiger partial charge in [0.25, 0.3) is 0 Å². The number of halogens is 1. The fourth-order valence-corrected chi connectivity index (χ4v) is 3.87. The molecule has 152 valence electrons. The average Bonchev–Trinajstić information content (AvgIpc) is 3.05. The Balaban J connectivity index is 1.71. The molecule has 2 aromatic carbocycles. The van der Waals surface area contributed by atoms with Crippen LogP contribution in [0.3, 0.4) is 0 Å². The van der Waals surface area contributed by atoms with E-state index in [1.54, 1.807) is 0 Å². The highest BCUT2D eigenvalue weighted by atomic mass is 35.5. The zero-order valence-electron chi connectivity index (χ0n) is 17.1. The first-order valence-corrected chi connectivity index (χ1v) is 10.7. The molecule has 0 fully saturated rings. The van der Waals surface area contributed by atoms with Crippen LogP contribution in [0.15, 0.2) is 59.8 Å². The highest BCUT2D eigenvalue weighted by Crippen LogP contribution is 2.25. The van der Waals surface area contributed by atoms with Crippen molar-refractivity contribution in [3.8, 4) is 11.4 Å². The Kier molecular flexibility index (Phi) is 6.65. The highest BCUT2D eigenvalue weighted by molar-refractivity contribution is 7.99. The van der Waals surface area contributed by atoms with Crippen molar-refractivity contribution in [1.29, 1.82) is 0 Å². The summed E-state index contributed by atoms with van der Waals surface area (Å²) in [5, 5.41) is 9.93. The molecule has 0 atom stereocenters. The van der Waals surface area contributed by atoms with Gasteiger partial charge in [0.15, 0.2) is 11.0 Å². The van der Waals surface area contributed by atoms with Gasteiger partial charge >= 0.3 is 0 Å². The van der Waals surface area contributed by atoms with E-state index in [0.29, 0.717) is 22.5 Å². The predicted octanol–water partition coefficient (Wildman–Crippen LogP) is 5.05. The van der Waals surface area contributed by atoms with Crippen molar-refractivity contribution < 1.29 is 4.79 Å². The van der Waals surface area contributed by atoms with Gasteiger partial charge in [-0.05, 0) is 50.6 Å². The quantitative estimate of drug-likeness (QED) is 0.515. The molecule has 0 aliphatic carbocycles. The molecule has 0 saturated heterocycles. The largest absolute Gasteiger partial charge is 0.333 e. The molecule has 3 rings (SSSR count). The summed E-state index contributed by atoms with van der Waals surface area (Å²) >= 11 is 7.36. The van der Waals surface area contributed by atoms with Gasteiger partial charge in [0.1, 0.15) is 0 Å². The maximum atomic E-state index is 13.0. The molecule has 0 saturated carbocycles. The minimum atomic E-state index is -0.276. The van der Waals surface area contributed by atoms with Gasteiger partial charge in [-0.3, -0.25) is 4.79 Å². The summed E-state index contributed by atoms with van der Waals surface area (Å²) in [5.41, 5.74) is 1.77. The number of benzene rings is 2. The number of rotatable bonds is 6. The molecule has 0 aliphatic heterocycles. The maximum Gasteiger partial charge on any atom is 0.233 e. The van der Waals surface area contributed by atoms with Crippen LogP contribution in [-0.4, -0.2) is 36.9 Å². The van der Waals surface area contributed by atoms with Gasteiger partial charge in [0.2, 0.25) is 5.91 Å². The summed E-state index contributed by atoms with van der Waals surface area (Å²) < 4.78 is 1.90.